The zero-order chi connectivity index (χ0) is 21.6. The molecule has 160 valence electrons. The number of aryl methyl sites for hydroxylation is 2. The molecule has 0 saturated carbocycles. The summed E-state index contributed by atoms with van der Waals surface area (Å²) in [7, 11) is 0. The smallest absolute Gasteiger partial charge is 0.255 e. The molecule has 2 aromatic carbocycles. The van der Waals surface area contributed by atoms with E-state index < -0.39 is 0 Å². The van der Waals surface area contributed by atoms with Gasteiger partial charge in [-0.1, -0.05) is 12.1 Å². The molecular formula is C24H27N5O2. The highest BCUT2D eigenvalue weighted by Gasteiger charge is 2.11. The van der Waals surface area contributed by atoms with E-state index in [4.69, 9.17) is 4.74 Å². The van der Waals surface area contributed by atoms with Crippen LogP contribution in [0.25, 0.3) is 0 Å². The third kappa shape index (κ3) is 5.87. The molecular weight excluding hydrogens is 390 g/mol. The van der Waals surface area contributed by atoms with Gasteiger partial charge in [-0.15, -0.1) is 0 Å². The van der Waals surface area contributed by atoms with Gasteiger partial charge < -0.3 is 15.4 Å². The van der Waals surface area contributed by atoms with Crippen LogP contribution in [0.15, 0.2) is 54.6 Å². The van der Waals surface area contributed by atoms with E-state index in [0.717, 1.165) is 55.6 Å². The van der Waals surface area contributed by atoms with Gasteiger partial charge in [-0.2, -0.15) is 0 Å². The Hall–Kier alpha value is -3.29. The molecule has 1 aromatic heterocycles. The van der Waals surface area contributed by atoms with Gasteiger partial charge in [0.25, 0.3) is 5.91 Å². The van der Waals surface area contributed by atoms with Crippen molar-refractivity contribution in [3.8, 4) is 0 Å². The number of aromatic nitrogens is 2. The molecule has 31 heavy (non-hydrogen) atoms. The number of benzene rings is 2. The van der Waals surface area contributed by atoms with Crippen LogP contribution in [-0.2, 0) is 11.3 Å². The molecule has 0 spiro atoms. The molecule has 7 nitrogen and oxygen atoms in total. The Balaban J connectivity index is 1.33. The maximum Gasteiger partial charge on any atom is 0.255 e. The number of rotatable bonds is 6. The van der Waals surface area contributed by atoms with Gasteiger partial charge >= 0.3 is 0 Å². The van der Waals surface area contributed by atoms with Gasteiger partial charge in [0.15, 0.2) is 0 Å². The van der Waals surface area contributed by atoms with E-state index >= 15 is 0 Å². The second-order valence-electron chi connectivity index (χ2n) is 7.72. The molecule has 0 atom stereocenters. The fourth-order valence-corrected chi connectivity index (χ4v) is 3.53. The summed E-state index contributed by atoms with van der Waals surface area (Å²) in [6.45, 7) is 8.26. The highest BCUT2D eigenvalue weighted by Crippen LogP contribution is 2.17. The maximum absolute atomic E-state index is 12.6. The van der Waals surface area contributed by atoms with Crippen LogP contribution in [0.5, 0.6) is 0 Å². The SMILES string of the molecule is Cc1cc(C)nc(Nc2ccc(C(=O)Nc3ccc(CN4CCOCC4)cc3)cc2)n1. The van der Waals surface area contributed by atoms with Crippen LogP contribution in [0, 0.1) is 13.8 Å². The van der Waals surface area contributed by atoms with Crippen molar-refractivity contribution >= 4 is 23.2 Å². The lowest BCUT2D eigenvalue weighted by atomic mass is 10.1. The zero-order valence-electron chi connectivity index (χ0n) is 17.9. The molecule has 1 aliphatic rings. The van der Waals surface area contributed by atoms with Crippen molar-refractivity contribution in [2.75, 3.05) is 36.9 Å². The van der Waals surface area contributed by atoms with E-state index in [1.165, 1.54) is 5.56 Å². The first-order chi connectivity index (χ1) is 15.0. The van der Waals surface area contributed by atoms with Gasteiger partial charge in [-0.3, -0.25) is 9.69 Å². The lowest BCUT2D eigenvalue weighted by molar-refractivity contribution is 0.0342. The molecule has 1 aliphatic heterocycles. The minimum Gasteiger partial charge on any atom is -0.379 e. The standard InChI is InChI=1S/C24H27N5O2/c1-17-15-18(2)26-24(25-17)28-22-9-5-20(6-10-22)23(30)27-21-7-3-19(4-8-21)16-29-11-13-31-14-12-29/h3-10,15H,11-14,16H2,1-2H3,(H,27,30)(H,25,26,28). The largest absolute Gasteiger partial charge is 0.379 e. The molecule has 1 saturated heterocycles. The van der Waals surface area contributed by atoms with Crippen molar-refractivity contribution in [3.05, 3.63) is 77.1 Å². The summed E-state index contributed by atoms with van der Waals surface area (Å²) in [6, 6.07) is 17.2. The van der Waals surface area contributed by atoms with Crippen LogP contribution in [0.3, 0.4) is 0 Å². The second-order valence-corrected chi connectivity index (χ2v) is 7.72. The summed E-state index contributed by atoms with van der Waals surface area (Å²) in [6.07, 6.45) is 0. The minimum absolute atomic E-state index is 0.143. The Bertz CT molecular complexity index is 1010. The van der Waals surface area contributed by atoms with Gasteiger partial charge in [-0.25, -0.2) is 9.97 Å². The number of carbonyl (C=O) groups excluding carboxylic acids is 1. The number of amides is 1. The number of nitrogens with one attached hydrogen (secondary N) is 2. The monoisotopic (exact) mass is 417 g/mol. The third-order valence-electron chi connectivity index (χ3n) is 5.11. The van der Waals surface area contributed by atoms with E-state index in [-0.39, 0.29) is 5.91 Å². The van der Waals surface area contributed by atoms with Crippen molar-refractivity contribution in [2.24, 2.45) is 0 Å². The Labute approximate surface area is 182 Å². The fraction of sp³-hybridized carbons (Fsp3) is 0.292. The highest BCUT2D eigenvalue weighted by molar-refractivity contribution is 6.04. The topological polar surface area (TPSA) is 79.4 Å². The van der Waals surface area contributed by atoms with Crippen molar-refractivity contribution < 1.29 is 9.53 Å². The van der Waals surface area contributed by atoms with Crippen LogP contribution >= 0.6 is 0 Å². The summed E-state index contributed by atoms with van der Waals surface area (Å²) in [4.78, 5) is 23.7. The number of ether oxygens (including phenoxy) is 1. The number of carbonyl (C=O) groups is 1. The first-order valence-electron chi connectivity index (χ1n) is 10.4. The molecule has 2 N–H and O–H groups in total. The summed E-state index contributed by atoms with van der Waals surface area (Å²) in [5.41, 5.74) is 5.23. The predicted molar refractivity (Wildman–Crippen MR) is 122 cm³/mol. The number of hydrogen-bond donors (Lipinski definition) is 2. The molecule has 0 unspecified atom stereocenters. The number of anilines is 3. The van der Waals surface area contributed by atoms with E-state index in [1.54, 1.807) is 12.1 Å². The normalized spacial score (nSPS) is 14.3. The van der Waals surface area contributed by atoms with E-state index in [0.29, 0.717) is 11.5 Å². The van der Waals surface area contributed by atoms with Crippen molar-refractivity contribution in [2.45, 2.75) is 20.4 Å². The van der Waals surface area contributed by atoms with E-state index in [9.17, 15) is 4.79 Å². The van der Waals surface area contributed by atoms with Crippen LogP contribution in [0.4, 0.5) is 17.3 Å². The van der Waals surface area contributed by atoms with Gasteiger partial charge in [0.2, 0.25) is 5.95 Å². The Kier molecular flexibility index (Phi) is 6.54. The van der Waals surface area contributed by atoms with E-state index in [1.807, 2.05) is 44.2 Å². The van der Waals surface area contributed by atoms with Gasteiger partial charge in [0.05, 0.1) is 13.2 Å². The molecule has 2 heterocycles. The van der Waals surface area contributed by atoms with Gasteiger partial charge in [0, 0.05) is 48.0 Å². The molecule has 0 aliphatic carbocycles. The molecule has 0 radical (unpaired) electrons. The van der Waals surface area contributed by atoms with Crippen LogP contribution < -0.4 is 10.6 Å². The van der Waals surface area contributed by atoms with Crippen LogP contribution in [0.2, 0.25) is 0 Å². The van der Waals surface area contributed by atoms with Gasteiger partial charge in [-0.05, 0) is 61.9 Å². The fourth-order valence-electron chi connectivity index (χ4n) is 3.53. The van der Waals surface area contributed by atoms with Crippen molar-refractivity contribution in [1.82, 2.24) is 14.9 Å². The van der Waals surface area contributed by atoms with Crippen molar-refractivity contribution in [3.63, 3.8) is 0 Å². The second kappa shape index (κ2) is 9.68. The van der Waals surface area contributed by atoms with Crippen molar-refractivity contribution in [1.29, 1.82) is 0 Å². The van der Waals surface area contributed by atoms with Crippen LogP contribution in [0.1, 0.15) is 27.3 Å². The Morgan fingerprint density at radius 3 is 2.19 bits per heavy atom. The predicted octanol–water partition coefficient (Wildman–Crippen LogP) is 3.92. The summed E-state index contributed by atoms with van der Waals surface area (Å²) in [5, 5.41) is 6.13. The first-order valence-corrected chi connectivity index (χ1v) is 10.4. The minimum atomic E-state index is -0.143. The molecule has 3 aromatic rings. The summed E-state index contributed by atoms with van der Waals surface area (Å²) in [5.74, 6) is 0.405. The first kappa shape index (κ1) is 21.0. The Morgan fingerprint density at radius 2 is 1.55 bits per heavy atom. The maximum atomic E-state index is 12.6. The highest BCUT2D eigenvalue weighted by atomic mass is 16.5. The third-order valence-corrected chi connectivity index (χ3v) is 5.11. The Morgan fingerprint density at radius 1 is 0.935 bits per heavy atom. The summed E-state index contributed by atoms with van der Waals surface area (Å²) >= 11 is 0. The molecule has 1 amide bonds. The van der Waals surface area contributed by atoms with E-state index in [2.05, 4.69) is 37.6 Å². The lowest BCUT2D eigenvalue weighted by Gasteiger charge is -2.26. The molecule has 7 heteroatoms. The average molecular weight is 418 g/mol. The molecule has 1 fully saturated rings. The average Bonchev–Trinajstić information content (AvgIpc) is 2.76. The quantitative estimate of drug-likeness (QED) is 0.633. The molecule has 0 bridgehead atoms. The lowest BCUT2D eigenvalue weighted by Crippen LogP contribution is -2.35. The number of morpholine rings is 1. The van der Waals surface area contributed by atoms with Gasteiger partial charge in [0.1, 0.15) is 0 Å². The number of nitrogens with zero attached hydrogens (tertiary/aromatic N) is 3. The number of hydrogen-bond acceptors (Lipinski definition) is 6. The zero-order valence-corrected chi connectivity index (χ0v) is 17.9. The summed E-state index contributed by atoms with van der Waals surface area (Å²) < 4.78 is 5.39. The molecule has 4 rings (SSSR count). The van der Waals surface area contributed by atoms with Crippen LogP contribution in [-0.4, -0.2) is 47.1 Å².